The minimum absolute atomic E-state index is 0.0997. The zero-order valence-electron chi connectivity index (χ0n) is 18.9. The van der Waals surface area contributed by atoms with Crippen molar-refractivity contribution in [3.63, 3.8) is 0 Å². The van der Waals surface area contributed by atoms with Crippen molar-refractivity contribution in [2.45, 2.75) is 32.6 Å². The number of nitrogens with one attached hydrogen (secondary N) is 1. The Hall–Kier alpha value is -3.39. The summed E-state index contributed by atoms with van der Waals surface area (Å²) in [4.78, 5) is 22.6. The average Bonchev–Trinajstić information content (AvgIpc) is 2.80. The molecule has 0 bridgehead atoms. The van der Waals surface area contributed by atoms with E-state index in [0.717, 1.165) is 60.3 Å². The van der Waals surface area contributed by atoms with Gasteiger partial charge in [-0.05, 0) is 49.7 Å². The number of hydrogen-bond donors (Lipinski definition) is 2. The Morgan fingerprint density at radius 1 is 1.00 bits per heavy atom. The van der Waals surface area contributed by atoms with Gasteiger partial charge in [0.2, 0.25) is 5.91 Å². The van der Waals surface area contributed by atoms with Gasteiger partial charge >= 0.3 is 0 Å². The van der Waals surface area contributed by atoms with Crippen molar-refractivity contribution in [2.24, 2.45) is 5.73 Å². The Morgan fingerprint density at radius 3 is 2.34 bits per heavy atom. The molecule has 8 nitrogen and oxygen atoms in total. The lowest BCUT2D eigenvalue weighted by atomic mass is 10.1. The first-order chi connectivity index (χ1) is 15.6. The molecule has 0 unspecified atom stereocenters. The highest BCUT2D eigenvalue weighted by Gasteiger charge is 2.17. The van der Waals surface area contributed by atoms with Crippen molar-refractivity contribution in [2.75, 3.05) is 37.5 Å². The van der Waals surface area contributed by atoms with E-state index in [-0.39, 0.29) is 5.91 Å². The summed E-state index contributed by atoms with van der Waals surface area (Å²) >= 11 is 0. The molecule has 0 atom stereocenters. The maximum atomic E-state index is 11.4. The van der Waals surface area contributed by atoms with Crippen molar-refractivity contribution >= 4 is 34.0 Å². The van der Waals surface area contributed by atoms with Gasteiger partial charge in [0, 0.05) is 36.3 Å². The normalized spacial score (nSPS) is 10.8. The molecular weight excluding hydrogens is 406 g/mol. The van der Waals surface area contributed by atoms with Gasteiger partial charge in [0.1, 0.15) is 12.1 Å². The van der Waals surface area contributed by atoms with Gasteiger partial charge in [0.15, 0.2) is 11.5 Å². The second kappa shape index (κ2) is 11.3. The first kappa shape index (κ1) is 23.3. The number of benzene rings is 2. The van der Waals surface area contributed by atoms with E-state index in [0.29, 0.717) is 18.0 Å². The molecule has 1 heterocycles. The number of nitrogens with two attached hydrogens (primary N) is 1. The molecule has 32 heavy (non-hydrogen) atoms. The number of methoxy groups -OCH3 is 2. The number of carbonyl (C=O) groups excluding carboxylic acids is 1. The largest absolute Gasteiger partial charge is 0.493 e. The van der Waals surface area contributed by atoms with Crippen LogP contribution in [0.1, 0.15) is 32.6 Å². The van der Waals surface area contributed by atoms with E-state index in [1.807, 2.05) is 36.4 Å². The molecule has 3 aromatic rings. The van der Waals surface area contributed by atoms with Crippen LogP contribution >= 0.6 is 0 Å². The van der Waals surface area contributed by atoms with E-state index in [1.165, 1.54) is 6.92 Å². The van der Waals surface area contributed by atoms with Gasteiger partial charge in [0.25, 0.3) is 0 Å². The van der Waals surface area contributed by atoms with Gasteiger partial charge in [-0.1, -0.05) is 12.8 Å². The first-order valence-corrected chi connectivity index (χ1v) is 10.8. The smallest absolute Gasteiger partial charge is 0.221 e. The molecule has 0 fully saturated rings. The Balaban J connectivity index is 2.00. The van der Waals surface area contributed by atoms with Crippen LogP contribution in [0, 0.1) is 0 Å². The van der Waals surface area contributed by atoms with Crippen LogP contribution in [0.2, 0.25) is 0 Å². The summed E-state index contributed by atoms with van der Waals surface area (Å²) in [7, 11) is 3.22. The van der Waals surface area contributed by atoms with Crippen LogP contribution in [-0.4, -0.2) is 43.2 Å². The molecule has 1 aromatic heterocycles. The van der Waals surface area contributed by atoms with Gasteiger partial charge in [0.05, 0.1) is 19.7 Å². The molecule has 3 N–H and O–H groups in total. The molecule has 3 rings (SSSR count). The number of carbonyl (C=O) groups is 1. The predicted molar refractivity (Wildman–Crippen MR) is 128 cm³/mol. The van der Waals surface area contributed by atoms with E-state index in [2.05, 4.69) is 20.2 Å². The second-order valence-electron chi connectivity index (χ2n) is 7.50. The van der Waals surface area contributed by atoms with Crippen LogP contribution in [-0.2, 0) is 4.79 Å². The first-order valence-electron chi connectivity index (χ1n) is 10.8. The van der Waals surface area contributed by atoms with Crippen LogP contribution in [0.4, 0.5) is 17.2 Å². The van der Waals surface area contributed by atoms with E-state index in [4.69, 9.17) is 15.2 Å². The summed E-state index contributed by atoms with van der Waals surface area (Å²) < 4.78 is 10.9. The number of hydrogen-bond acceptors (Lipinski definition) is 7. The minimum Gasteiger partial charge on any atom is -0.493 e. The monoisotopic (exact) mass is 437 g/mol. The fourth-order valence-electron chi connectivity index (χ4n) is 3.64. The van der Waals surface area contributed by atoms with E-state index >= 15 is 0 Å². The van der Waals surface area contributed by atoms with E-state index < -0.39 is 0 Å². The van der Waals surface area contributed by atoms with Gasteiger partial charge in [-0.2, -0.15) is 0 Å². The van der Waals surface area contributed by atoms with Gasteiger partial charge < -0.3 is 25.4 Å². The van der Waals surface area contributed by atoms with Crippen molar-refractivity contribution < 1.29 is 14.3 Å². The number of fused-ring (bicyclic) bond motifs is 1. The summed E-state index contributed by atoms with van der Waals surface area (Å²) in [5.41, 5.74) is 8.14. The van der Waals surface area contributed by atoms with Crippen LogP contribution in [0.5, 0.6) is 11.5 Å². The molecule has 0 aliphatic carbocycles. The standard InChI is InChI=1S/C24H31N5O3/c1-17(30)28-18-8-10-19(11-9-18)29(13-7-5-4-6-12-25)24-20-14-22(31-2)23(32-3)15-21(20)26-16-27-24/h8-11,14-16H,4-7,12-13,25H2,1-3H3,(H,28,30). The maximum Gasteiger partial charge on any atom is 0.221 e. The van der Waals surface area contributed by atoms with Crippen molar-refractivity contribution in [3.8, 4) is 11.5 Å². The molecule has 0 spiro atoms. The number of rotatable bonds is 11. The third-order valence-corrected chi connectivity index (χ3v) is 5.21. The van der Waals surface area contributed by atoms with Gasteiger partial charge in [-0.15, -0.1) is 0 Å². The zero-order chi connectivity index (χ0) is 22.9. The lowest BCUT2D eigenvalue weighted by Gasteiger charge is -2.25. The molecule has 0 aliphatic heterocycles. The molecule has 1 amide bonds. The molecular formula is C24H31N5O3. The molecule has 8 heteroatoms. The number of ether oxygens (including phenoxy) is 2. The second-order valence-corrected chi connectivity index (χ2v) is 7.50. The van der Waals surface area contributed by atoms with Crippen molar-refractivity contribution in [1.82, 2.24) is 9.97 Å². The van der Waals surface area contributed by atoms with Crippen LogP contribution in [0.3, 0.4) is 0 Å². The summed E-state index contributed by atoms with van der Waals surface area (Å²) in [5, 5.41) is 3.68. The van der Waals surface area contributed by atoms with Crippen LogP contribution in [0.15, 0.2) is 42.7 Å². The van der Waals surface area contributed by atoms with Crippen LogP contribution in [0.25, 0.3) is 10.9 Å². The summed E-state index contributed by atoms with van der Waals surface area (Å²) in [6.45, 7) is 2.99. The molecule has 0 radical (unpaired) electrons. The predicted octanol–water partition coefficient (Wildman–Crippen LogP) is 4.26. The topological polar surface area (TPSA) is 103 Å². The number of unbranched alkanes of at least 4 members (excludes halogenated alkanes) is 3. The SMILES string of the molecule is COc1cc2ncnc(N(CCCCCCN)c3ccc(NC(C)=O)cc3)c2cc1OC. The summed E-state index contributed by atoms with van der Waals surface area (Å²) in [6.07, 6.45) is 5.76. The maximum absolute atomic E-state index is 11.4. The van der Waals surface area contributed by atoms with Crippen LogP contribution < -0.4 is 25.4 Å². The third-order valence-electron chi connectivity index (χ3n) is 5.21. The van der Waals surface area contributed by atoms with Crippen molar-refractivity contribution in [3.05, 3.63) is 42.7 Å². The molecule has 170 valence electrons. The van der Waals surface area contributed by atoms with E-state index in [1.54, 1.807) is 20.5 Å². The highest BCUT2D eigenvalue weighted by atomic mass is 16.5. The Morgan fingerprint density at radius 2 is 1.69 bits per heavy atom. The number of nitrogens with zero attached hydrogens (tertiary/aromatic N) is 3. The number of amides is 1. The van der Waals surface area contributed by atoms with E-state index in [9.17, 15) is 4.79 Å². The minimum atomic E-state index is -0.0997. The third kappa shape index (κ3) is 5.64. The highest BCUT2D eigenvalue weighted by molar-refractivity contribution is 5.94. The molecule has 0 saturated carbocycles. The van der Waals surface area contributed by atoms with Crippen molar-refractivity contribution in [1.29, 1.82) is 0 Å². The zero-order valence-corrected chi connectivity index (χ0v) is 18.9. The lowest BCUT2D eigenvalue weighted by Crippen LogP contribution is -2.20. The molecule has 2 aromatic carbocycles. The number of anilines is 3. The fraction of sp³-hybridized carbons (Fsp3) is 0.375. The quantitative estimate of drug-likeness (QED) is 0.432. The molecule has 0 aliphatic rings. The number of aromatic nitrogens is 2. The molecule has 0 saturated heterocycles. The van der Waals surface area contributed by atoms with Gasteiger partial charge in [-0.3, -0.25) is 4.79 Å². The lowest BCUT2D eigenvalue weighted by molar-refractivity contribution is -0.114. The summed E-state index contributed by atoms with van der Waals surface area (Å²) in [5.74, 6) is 1.94. The Bertz CT molecular complexity index is 1040. The van der Waals surface area contributed by atoms with Gasteiger partial charge in [-0.25, -0.2) is 9.97 Å². The average molecular weight is 438 g/mol. The Kier molecular flexibility index (Phi) is 8.21. The Labute approximate surface area is 188 Å². The summed E-state index contributed by atoms with van der Waals surface area (Å²) in [6, 6.07) is 11.5. The highest BCUT2D eigenvalue weighted by Crippen LogP contribution is 2.37. The fourth-order valence-corrected chi connectivity index (χ4v) is 3.64.